The van der Waals surface area contributed by atoms with Crippen LogP contribution in [-0.2, 0) is 10.3 Å². The van der Waals surface area contributed by atoms with E-state index in [1.807, 2.05) is 19.1 Å². The minimum Gasteiger partial charge on any atom is -0.396 e. The number of amides is 1. The Morgan fingerprint density at radius 3 is 2.49 bits per heavy atom. The van der Waals surface area contributed by atoms with Crippen molar-refractivity contribution < 1.29 is 14.3 Å². The average Bonchev–Trinajstić information content (AvgIpc) is 3.07. The van der Waals surface area contributed by atoms with Crippen molar-refractivity contribution in [2.75, 3.05) is 13.2 Å². The molecule has 35 heavy (non-hydrogen) atoms. The fourth-order valence-electron chi connectivity index (χ4n) is 4.97. The van der Waals surface area contributed by atoms with E-state index in [-0.39, 0.29) is 34.9 Å². The summed E-state index contributed by atoms with van der Waals surface area (Å²) in [4.78, 5) is 13.5. The molecule has 2 aromatic carbocycles. The summed E-state index contributed by atoms with van der Waals surface area (Å²) in [5, 5.41) is 16.3. The van der Waals surface area contributed by atoms with Crippen molar-refractivity contribution in [2.24, 2.45) is 17.1 Å². The highest BCUT2D eigenvalue weighted by Gasteiger charge is 2.57. The van der Waals surface area contributed by atoms with Gasteiger partial charge in [-0.25, -0.2) is 4.39 Å². The van der Waals surface area contributed by atoms with Crippen molar-refractivity contribution >= 4 is 29.1 Å². The highest BCUT2D eigenvalue weighted by atomic mass is 35.5. The van der Waals surface area contributed by atoms with Crippen molar-refractivity contribution in [2.45, 2.75) is 64.1 Å². The highest BCUT2D eigenvalue weighted by Crippen LogP contribution is 2.49. The molecule has 1 saturated heterocycles. The average molecular weight is 525 g/mol. The standard InChI is InChI=1S/C27H36Cl2FN3O2/c1-16(15-34)12-13-32-25(35)24-22(19-6-5-7-20(29)23(19)30)27(31,17-8-10-18(28)11-9-17)21(33-24)14-26(2,3)4/h5-11,16,21-22,24,33-34H,12-15,31H2,1-4H3,(H,32,35)/t16-,21+,22+,24-,27-/m1/s1. The molecule has 1 fully saturated rings. The molecule has 5 nitrogen and oxygen atoms in total. The lowest BCUT2D eigenvalue weighted by atomic mass is 9.68. The van der Waals surface area contributed by atoms with Gasteiger partial charge in [0, 0.05) is 30.1 Å². The summed E-state index contributed by atoms with van der Waals surface area (Å²) in [6.45, 7) is 8.67. The summed E-state index contributed by atoms with van der Waals surface area (Å²) in [6, 6.07) is 10.9. The fourth-order valence-corrected chi connectivity index (χ4v) is 5.28. The lowest BCUT2D eigenvalue weighted by Gasteiger charge is -2.39. The summed E-state index contributed by atoms with van der Waals surface area (Å²) in [6.07, 6.45) is 1.28. The molecular weight excluding hydrogens is 488 g/mol. The van der Waals surface area contributed by atoms with Crippen molar-refractivity contribution in [3.05, 3.63) is 69.5 Å². The number of aliphatic hydroxyl groups excluding tert-OH is 1. The van der Waals surface area contributed by atoms with Gasteiger partial charge in [0.2, 0.25) is 5.91 Å². The molecule has 1 aliphatic heterocycles. The zero-order valence-corrected chi connectivity index (χ0v) is 22.3. The molecule has 0 spiro atoms. The van der Waals surface area contributed by atoms with Crippen LogP contribution in [0, 0.1) is 17.2 Å². The highest BCUT2D eigenvalue weighted by molar-refractivity contribution is 6.31. The molecule has 0 aromatic heterocycles. The van der Waals surface area contributed by atoms with E-state index in [0.29, 0.717) is 30.0 Å². The third-order valence-corrected chi connectivity index (χ3v) is 7.36. The van der Waals surface area contributed by atoms with Gasteiger partial charge in [-0.2, -0.15) is 0 Å². The number of benzene rings is 2. The van der Waals surface area contributed by atoms with E-state index >= 15 is 4.39 Å². The van der Waals surface area contributed by atoms with Gasteiger partial charge < -0.3 is 21.5 Å². The molecule has 1 heterocycles. The van der Waals surface area contributed by atoms with E-state index in [1.165, 1.54) is 6.07 Å². The summed E-state index contributed by atoms with van der Waals surface area (Å²) in [5.74, 6) is -1.51. The van der Waals surface area contributed by atoms with E-state index in [0.717, 1.165) is 5.56 Å². The molecule has 192 valence electrons. The molecule has 5 N–H and O–H groups in total. The van der Waals surface area contributed by atoms with Crippen LogP contribution in [0.5, 0.6) is 0 Å². The SMILES string of the molecule is C[C@@H](CO)CCNC(=O)[C@@H]1N[C@@H](CC(C)(C)C)[C@](N)(c2ccc(Cl)cc2)[C@H]1c1cccc(Cl)c1F. The lowest BCUT2D eigenvalue weighted by molar-refractivity contribution is -0.123. The van der Waals surface area contributed by atoms with E-state index in [9.17, 15) is 9.90 Å². The maximum atomic E-state index is 15.5. The second-order valence-corrected chi connectivity index (χ2v) is 11.7. The van der Waals surface area contributed by atoms with Crippen molar-refractivity contribution in [1.29, 1.82) is 0 Å². The Morgan fingerprint density at radius 2 is 1.89 bits per heavy atom. The Bertz CT molecular complexity index is 1030. The van der Waals surface area contributed by atoms with Crippen LogP contribution < -0.4 is 16.4 Å². The van der Waals surface area contributed by atoms with Crippen molar-refractivity contribution in [3.63, 3.8) is 0 Å². The molecule has 0 aliphatic carbocycles. The molecule has 8 heteroatoms. The minimum atomic E-state index is -1.12. The number of carbonyl (C=O) groups excluding carboxylic acids is 1. The van der Waals surface area contributed by atoms with Gasteiger partial charge in [0.25, 0.3) is 0 Å². The van der Waals surface area contributed by atoms with Crippen LogP contribution in [0.1, 0.15) is 57.6 Å². The van der Waals surface area contributed by atoms with Crippen LogP contribution in [0.15, 0.2) is 42.5 Å². The van der Waals surface area contributed by atoms with Gasteiger partial charge in [0.1, 0.15) is 5.82 Å². The summed E-state index contributed by atoms with van der Waals surface area (Å²) < 4.78 is 15.5. The molecule has 0 bridgehead atoms. The Balaban J connectivity index is 2.12. The van der Waals surface area contributed by atoms with Crippen LogP contribution in [0.25, 0.3) is 0 Å². The molecule has 0 saturated carbocycles. The van der Waals surface area contributed by atoms with Crippen LogP contribution in [0.2, 0.25) is 10.0 Å². The smallest absolute Gasteiger partial charge is 0.237 e. The van der Waals surface area contributed by atoms with Gasteiger partial charge in [-0.1, -0.05) is 75.2 Å². The van der Waals surface area contributed by atoms with Gasteiger partial charge in [-0.15, -0.1) is 0 Å². The van der Waals surface area contributed by atoms with Crippen LogP contribution in [-0.4, -0.2) is 36.2 Å². The van der Waals surface area contributed by atoms with Crippen LogP contribution in [0.4, 0.5) is 4.39 Å². The first-order valence-corrected chi connectivity index (χ1v) is 12.8. The zero-order chi connectivity index (χ0) is 26.0. The molecule has 2 aromatic rings. The third kappa shape index (κ3) is 6.17. The topological polar surface area (TPSA) is 87.4 Å². The first-order chi connectivity index (χ1) is 16.4. The van der Waals surface area contributed by atoms with Gasteiger partial charge in [0.05, 0.1) is 16.6 Å². The maximum Gasteiger partial charge on any atom is 0.237 e. The Labute approximate surface area is 217 Å². The second-order valence-electron chi connectivity index (χ2n) is 10.9. The molecular formula is C27H36Cl2FN3O2. The number of halogens is 3. The summed E-state index contributed by atoms with van der Waals surface area (Å²) in [7, 11) is 0. The Hall–Kier alpha value is -1.70. The summed E-state index contributed by atoms with van der Waals surface area (Å²) >= 11 is 12.3. The largest absolute Gasteiger partial charge is 0.396 e. The third-order valence-electron chi connectivity index (χ3n) is 6.81. The number of hydrogen-bond acceptors (Lipinski definition) is 4. The molecule has 1 amide bonds. The first-order valence-electron chi connectivity index (χ1n) is 12.0. The number of carbonyl (C=O) groups is 1. The van der Waals surface area contributed by atoms with E-state index in [2.05, 4.69) is 31.4 Å². The van der Waals surface area contributed by atoms with E-state index < -0.39 is 23.3 Å². The minimum absolute atomic E-state index is 0.0174. The number of nitrogens with two attached hydrogens (primary N) is 1. The number of hydrogen-bond donors (Lipinski definition) is 4. The van der Waals surface area contributed by atoms with Crippen molar-refractivity contribution in [3.8, 4) is 0 Å². The fraction of sp³-hybridized carbons (Fsp3) is 0.519. The quantitative estimate of drug-likeness (QED) is 0.392. The predicted molar refractivity (Wildman–Crippen MR) is 140 cm³/mol. The number of rotatable bonds is 8. The second kappa shape index (κ2) is 11.1. The molecule has 1 aliphatic rings. The molecule has 5 atom stereocenters. The Kier molecular flexibility index (Phi) is 8.87. The lowest BCUT2D eigenvalue weighted by Crippen LogP contribution is -2.52. The predicted octanol–water partition coefficient (Wildman–Crippen LogP) is 4.98. The normalized spacial score (nSPS) is 25.5. The van der Waals surface area contributed by atoms with E-state index in [1.54, 1.807) is 24.3 Å². The summed E-state index contributed by atoms with van der Waals surface area (Å²) in [5.41, 5.74) is 7.09. The van der Waals surface area contributed by atoms with Gasteiger partial charge in [-0.3, -0.25) is 4.79 Å². The Morgan fingerprint density at radius 1 is 1.23 bits per heavy atom. The zero-order valence-electron chi connectivity index (χ0n) is 20.7. The van der Waals surface area contributed by atoms with Crippen LogP contribution in [0.3, 0.4) is 0 Å². The first kappa shape index (κ1) is 27.9. The van der Waals surface area contributed by atoms with Crippen molar-refractivity contribution in [1.82, 2.24) is 10.6 Å². The number of aliphatic hydroxyl groups is 1. The molecule has 3 rings (SSSR count). The maximum absolute atomic E-state index is 15.5. The molecule has 0 radical (unpaired) electrons. The number of nitrogens with one attached hydrogen (secondary N) is 2. The van der Waals surface area contributed by atoms with Crippen LogP contribution >= 0.6 is 23.2 Å². The van der Waals surface area contributed by atoms with Gasteiger partial charge in [0.15, 0.2) is 0 Å². The molecule has 0 unspecified atom stereocenters. The monoisotopic (exact) mass is 523 g/mol. The van der Waals surface area contributed by atoms with E-state index in [4.69, 9.17) is 28.9 Å². The van der Waals surface area contributed by atoms with Gasteiger partial charge >= 0.3 is 0 Å². The van der Waals surface area contributed by atoms with Gasteiger partial charge in [-0.05, 0) is 53.5 Å².